The molecule has 32 heavy (non-hydrogen) atoms. The molecular weight excluding hydrogens is 435 g/mol. The van der Waals surface area contributed by atoms with E-state index in [9.17, 15) is 17.6 Å². The number of hydrogen-bond donors (Lipinski definition) is 0. The number of rotatable bonds is 6. The van der Waals surface area contributed by atoms with E-state index in [0.29, 0.717) is 50.6 Å². The molecule has 1 fully saturated rings. The number of ether oxygens (including phenoxy) is 2. The zero-order valence-electron chi connectivity index (χ0n) is 18.0. The monoisotopic (exact) mass is 462 g/mol. The number of hydrogen-bond acceptors (Lipinski definition) is 5. The number of amides is 1. The molecule has 0 N–H and O–H groups in total. The van der Waals surface area contributed by atoms with E-state index in [1.807, 2.05) is 25.1 Å². The van der Waals surface area contributed by atoms with Crippen LogP contribution in [0, 0.1) is 11.7 Å². The van der Waals surface area contributed by atoms with Crippen LogP contribution in [0.25, 0.3) is 0 Å². The fourth-order valence-electron chi connectivity index (χ4n) is 4.11. The van der Waals surface area contributed by atoms with Crippen molar-refractivity contribution in [1.29, 1.82) is 0 Å². The van der Waals surface area contributed by atoms with Crippen molar-refractivity contribution in [3.63, 3.8) is 0 Å². The van der Waals surface area contributed by atoms with Crippen molar-refractivity contribution in [1.82, 2.24) is 9.21 Å². The lowest BCUT2D eigenvalue weighted by Crippen LogP contribution is -2.44. The lowest BCUT2D eigenvalue weighted by atomic mass is 9.96. The van der Waals surface area contributed by atoms with E-state index in [-0.39, 0.29) is 29.8 Å². The molecule has 2 aliphatic rings. The first-order chi connectivity index (χ1) is 15.4. The number of carbonyl (C=O) groups is 1. The van der Waals surface area contributed by atoms with E-state index < -0.39 is 15.8 Å². The molecule has 0 bridgehead atoms. The third-order valence-corrected chi connectivity index (χ3v) is 7.84. The number of benzene rings is 2. The van der Waals surface area contributed by atoms with Crippen LogP contribution in [0.4, 0.5) is 4.39 Å². The van der Waals surface area contributed by atoms with Crippen molar-refractivity contribution >= 4 is 15.9 Å². The smallest absolute Gasteiger partial charge is 0.243 e. The lowest BCUT2D eigenvalue weighted by molar-refractivity contribution is -0.137. The average Bonchev–Trinajstić information content (AvgIpc) is 2.82. The van der Waals surface area contributed by atoms with Gasteiger partial charge in [0.1, 0.15) is 19.0 Å². The Morgan fingerprint density at radius 2 is 1.72 bits per heavy atom. The highest BCUT2D eigenvalue weighted by molar-refractivity contribution is 7.89. The van der Waals surface area contributed by atoms with E-state index in [2.05, 4.69) is 0 Å². The maximum Gasteiger partial charge on any atom is 0.243 e. The van der Waals surface area contributed by atoms with Crippen LogP contribution in [0.15, 0.2) is 47.4 Å². The van der Waals surface area contributed by atoms with Crippen molar-refractivity contribution in [3.05, 3.63) is 53.8 Å². The van der Waals surface area contributed by atoms with Gasteiger partial charge in [0, 0.05) is 32.1 Å². The molecule has 0 atom stereocenters. The fourth-order valence-corrected chi connectivity index (χ4v) is 5.58. The van der Waals surface area contributed by atoms with E-state index in [1.165, 1.54) is 16.4 Å². The summed E-state index contributed by atoms with van der Waals surface area (Å²) < 4.78 is 51.3. The third kappa shape index (κ3) is 4.73. The summed E-state index contributed by atoms with van der Waals surface area (Å²) in [7, 11) is -3.70. The lowest BCUT2D eigenvalue weighted by Gasteiger charge is -2.33. The van der Waals surface area contributed by atoms with Gasteiger partial charge >= 0.3 is 0 Å². The average molecular weight is 463 g/mol. The molecule has 2 aromatic carbocycles. The summed E-state index contributed by atoms with van der Waals surface area (Å²) in [6, 6.07) is 10.5. The number of piperidine rings is 1. The Kier molecular flexibility index (Phi) is 6.66. The summed E-state index contributed by atoms with van der Waals surface area (Å²) in [5.41, 5.74) is 0.959. The molecule has 1 amide bonds. The molecule has 1 saturated heterocycles. The number of halogens is 1. The van der Waals surface area contributed by atoms with Crippen LogP contribution < -0.4 is 9.47 Å². The topological polar surface area (TPSA) is 76.2 Å². The molecular formula is C23H27FN2O5S. The highest BCUT2D eigenvalue weighted by Crippen LogP contribution is 2.32. The standard InChI is InChI=1S/C23H27FN2O5S/c1-2-25(16-17-3-8-21-22(15-17)31-14-13-30-21)23(27)18-9-11-26(12-10-18)32(28,29)20-6-4-19(24)5-7-20/h3-8,15,18H,2,9-14,16H2,1H3. The molecule has 0 unspecified atom stereocenters. The van der Waals surface area contributed by atoms with Gasteiger partial charge in [-0.15, -0.1) is 0 Å². The Morgan fingerprint density at radius 1 is 1.06 bits per heavy atom. The van der Waals surface area contributed by atoms with Gasteiger partial charge in [0.25, 0.3) is 0 Å². The summed E-state index contributed by atoms with van der Waals surface area (Å²) in [5.74, 6) is 0.722. The minimum atomic E-state index is -3.70. The minimum Gasteiger partial charge on any atom is -0.486 e. The molecule has 172 valence electrons. The molecule has 0 aromatic heterocycles. The zero-order valence-corrected chi connectivity index (χ0v) is 18.8. The number of fused-ring (bicyclic) bond motifs is 1. The Balaban J connectivity index is 1.38. The van der Waals surface area contributed by atoms with Gasteiger partial charge in [0.15, 0.2) is 11.5 Å². The number of carbonyl (C=O) groups excluding carboxylic acids is 1. The summed E-state index contributed by atoms with van der Waals surface area (Å²) in [6.07, 6.45) is 0.911. The van der Waals surface area contributed by atoms with Crippen molar-refractivity contribution < 1.29 is 27.1 Å². The van der Waals surface area contributed by atoms with Crippen molar-refractivity contribution in [2.24, 2.45) is 5.92 Å². The maximum atomic E-state index is 13.1. The third-order valence-electron chi connectivity index (χ3n) is 5.93. The minimum absolute atomic E-state index is 0.0289. The molecule has 0 radical (unpaired) electrons. The molecule has 4 rings (SSSR count). The molecule has 2 heterocycles. The van der Waals surface area contributed by atoms with Gasteiger partial charge in [0.05, 0.1) is 4.90 Å². The van der Waals surface area contributed by atoms with Crippen LogP contribution in [0.1, 0.15) is 25.3 Å². The second kappa shape index (κ2) is 9.46. The normalized spacial score (nSPS) is 17.2. The fraction of sp³-hybridized carbons (Fsp3) is 0.435. The first-order valence-corrected chi connectivity index (χ1v) is 12.3. The van der Waals surface area contributed by atoms with E-state index in [1.54, 1.807) is 4.90 Å². The van der Waals surface area contributed by atoms with Crippen LogP contribution >= 0.6 is 0 Å². The predicted octanol–water partition coefficient (Wildman–Crippen LogP) is 3.05. The largest absolute Gasteiger partial charge is 0.486 e. The summed E-state index contributed by atoms with van der Waals surface area (Å²) in [4.78, 5) is 15.0. The van der Waals surface area contributed by atoms with Crippen molar-refractivity contribution in [3.8, 4) is 11.5 Å². The van der Waals surface area contributed by atoms with E-state index in [4.69, 9.17) is 9.47 Å². The van der Waals surface area contributed by atoms with Crippen LogP contribution in [0.5, 0.6) is 11.5 Å². The Bertz CT molecular complexity index is 1070. The van der Waals surface area contributed by atoms with Gasteiger partial charge in [-0.05, 0) is 61.7 Å². The van der Waals surface area contributed by atoms with Gasteiger partial charge in [-0.1, -0.05) is 6.07 Å². The zero-order chi connectivity index (χ0) is 22.7. The first kappa shape index (κ1) is 22.5. The Hall–Kier alpha value is -2.65. The quantitative estimate of drug-likeness (QED) is 0.660. The highest BCUT2D eigenvalue weighted by Gasteiger charge is 2.33. The summed E-state index contributed by atoms with van der Waals surface area (Å²) in [6.45, 7) is 4.51. The molecule has 2 aromatic rings. The van der Waals surface area contributed by atoms with E-state index in [0.717, 1.165) is 17.7 Å². The van der Waals surface area contributed by atoms with Gasteiger partial charge in [-0.25, -0.2) is 12.8 Å². The van der Waals surface area contributed by atoms with Crippen LogP contribution in [0.2, 0.25) is 0 Å². The Morgan fingerprint density at radius 3 is 2.38 bits per heavy atom. The highest BCUT2D eigenvalue weighted by atomic mass is 32.2. The molecule has 9 heteroatoms. The van der Waals surface area contributed by atoms with Gasteiger partial charge in [-0.3, -0.25) is 4.79 Å². The number of nitrogens with zero attached hydrogens (tertiary/aromatic N) is 2. The molecule has 0 spiro atoms. The second-order valence-corrected chi connectivity index (χ2v) is 9.90. The molecule has 0 saturated carbocycles. The van der Waals surface area contributed by atoms with Crippen molar-refractivity contribution in [2.75, 3.05) is 32.8 Å². The molecule has 0 aliphatic carbocycles. The van der Waals surface area contributed by atoms with Crippen LogP contribution in [-0.2, 0) is 21.4 Å². The van der Waals surface area contributed by atoms with E-state index >= 15 is 0 Å². The van der Waals surface area contributed by atoms with Crippen LogP contribution in [0.3, 0.4) is 0 Å². The molecule has 2 aliphatic heterocycles. The van der Waals surface area contributed by atoms with Crippen molar-refractivity contribution in [2.45, 2.75) is 31.2 Å². The van der Waals surface area contributed by atoms with Crippen LogP contribution in [-0.4, -0.2) is 56.4 Å². The summed E-state index contributed by atoms with van der Waals surface area (Å²) >= 11 is 0. The SMILES string of the molecule is CCN(Cc1ccc2c(c1)OCCO2)C(=O)C1CCN(S(=O)(=O)c2ccc(F)cc2)CC1. The second-order valence-electron chi connectivity index (χ2n) is 7.96. The Labute approximate surface area is 187 Å². The molecule has 7 nitrogen and oxygen atoms in total. The van der Waals surface area contributed by atoms with Gasteiger partial charge < -0.3 is 14.4 Å². The van der Waals surface area contributed by atoms with Gasteiger partial charge in [0.2, 0.25) is 15.9 Å². The summed E-state index contributed by atoms with van der Waals surface area (Å²) in [5, 5.41) is 0. The predicted molar refractivity (Wildman–Crippen MR) is 116 cm³/mol. The maximum absolute atomic E-state index is 13.1. The first-order valence-electron chi connectivity index (χ1n) is 10.8. The van der Waals surface area contributed by atoms with Gasteiger partial charge in [-0.2, -0.15) is 4.31 Å². The number of sulfonamides is 1.